The molecule has 22 heavy (non-hydrogen) atoms. The van der Waals surface area contributed by atoms with E-state index in [-0.39, 0.29) is 26.8 Å². The fourth-order valence-corrected chi connectivity index (χ4v) is 2.39. The van der Waals surface area contributed by atoms with E-state index in [1.807, 2.05) is 0 Å². The quantitative estimate of drug-likeness (QED) is 0.270. The minimum absolute atomic E-state index is 0. The molecule has 9 nitrogen and oxygen atoms in total. The third-order valence-corrected chi connectivity index (χ3v) is 3.22. The molecule has 2 bridgehead atoms. The molecule has 0 radical (unpaired) electrons. The zero-order valence-electron chi connectivity index (χ0n) is 13.0. The number of carboxylic acids is 1. The second kappa shape index (κ2) is 7.11. The monoisotopic (exact) mass is 311 g/mol. The zero-order chi connectivity index (χ0) is 15.7. The Balaban J connectivity index is 0.00000242. The van der Waals surface area contributed by atoms with Crippen LogP contribution in [0.25, 0.3) is 0 Å². The molecular formula is C11H15FLiN3O6. The Morgan fingerprint density at radius 2 is 2.27 bits per heavy atom. The molecule has 2 aliphatic heterocycles. The minimum atomic E-state index is -2.67. The van der Waals surface area contributed by atoms with Gasteiger partial charge in [-0.05, 0) is 12.5 Å². The van der Waals surface area contributed by atoms with Crippen molar-refractivity contribution in [3.8, 4) is 0 Å². The summed E-state index contributed by atoms with van der Waals surface area (Å²) in [6.45, 7) is 1.08. The van der Waals surface area contributed by atoms with E-state index in [9.17, 15) is 18.8 Å². The first-order valence-corrected chi connectivity index (χ1v) is 6.07. The summed E-state index contributed by atoms with van der Waals surface area (Å²) in [7, 11) is 0. The standard InChI is InChI=1S/C11H14FN3O6.Li.H/c1-5-2-6-3-14(7(5)9(17)13-4-16)11(20)15(6)21-8(12)10(18)19;;/h2,6-8,16H,3-4H2,1H3,(H,13,17)(H,18,19);;/q;+1;-1/t6-,7+,8-;;/m1../s1. The second-order valence-corrected chi connectivity index (χ2v) is 4.60. The van der Waals surface area contributed by atoms with E-state index in [2.05, 4.69) is 10.2 Å². The van der Waals surface area contributed by atoms with E-state index in [4.69, 9.17) is 10.2 Å². The molecule has 3 amide bonds. The van der Waals surface area contributed by atoms with Gasteiger partial charge in [0.1, 0.15) is 12.8 Å². The molecule has 0 aromatic heterocycles. The van der Waals surface area contributed by atoms with E-state index in [0.29, 0.717) is 10.6 Å². The molecule has 3 atom stereocenters. The van der Waals surface area contributed by atoms with Gasteiger partial charge in [-0.3, -0.25) is 4.79 Å². The van der Waals surface area contributed by atoms with Crippen LogP contribution < -0.4 is 24.2 Å². The molecule has 0 spiro atoms. The summed E-state index contributed by atoms with van der Waals surface area (Å²) in [5.74, 6) is -2.44. The first kappa shape index (κ1) is 18.4. The van der Waals surface area contributed by atoms with Crippen molar-refractivity contribution in [1.82, 2.24) is 15.3 Å². The summed E-state index contributed by atoms with van der Waals surface area (Å²) >= 11 is 0. The van der Waals surface area contributed by atoms with Gasteiger partial charge in [0, 0.05) is 0 Å². The molecule has 2 aliphatic rings. The number of amides is 3. The summed E-state index contributed by atoms with van der Waals surface area (Å²) in [6, 6.07) is -2.43. The number of rotatable bonds is 5. The van der Waals surface area contributed by atoms with Crippen LogP contribution in [0, 0.1) is 0 Å². The smallest absolute Gasteiger partial charge is 1.00 e. The van der Waals surface area contributed by atoms with Crippen molar-refractivity contribution in [3.63, 3.8) is 0 Å². The van der Waals surface area contributed by atoms with Crippen molar-refractivity contribution < 1.29 is 54.1 Å². The molecule has 11 heteroatoms. The van der Waals surface area contributed by atoms with Gasteiger partial charge in [-0.15, -0.1) is 0 Å². The molecule has 0 saturated carbocycles. The van der Waals surface area contributed by atoms with Crippen LogP contribution in [0.2, 0.25) is 0 Å². The molecule has 0 aliphatic carbocycles. The number of hydrogen-bond acceptors (Lipinski definition) is 5. The normalized spacial score (nSPS) is 24.5. The average molecular weight is 311 g/mol. The van der Waals surface area contributed by atoms with Crippen LogP contribution in [0.1, 0.15) is 8.35 Å². The number of urea groups is 1. The van der Waals surface area contributed by atoms with E-state index in [1.54, 1.807) is 6.92 Å². The molecule has 2 heterocycles. The maximum Gasteiger partial charge on any atom is 1.00 e. The zero-order valence-corrected chi connectivity index (χ0v) is 12.0. The van der Waals surface area contributed by atoms with Crippen LogP contribution in [-0.2, 0) is 14.4 Å². The fraction of sp³-hybridized carbons (Fsp3) is 0.545. The Labute approximate surface area is 138 Å². The number of alkyl halides is 1. The van der Waals surface area contributed by atoms with Crippen molar-refractivity contribution in [2.45, 2.75) is 25.4 Å². The number of carboxylic acid groups (broad SMARTS) is 1. The van der Waals surface area contributed by atoms with Crippen LogP contribution in [0.4, 0.5) is 9.18 Å². The number of nitrogens with zero attached hydrogens (tertiary/aromatic N) is 2. The molecule has 1 fully saturated rings. The van der Waals surface area contributed by atoms with Gasteiger partial charge >= 0.3 is 37.2 Å². The number of halogens is 1. The minimum Gasteiger partial charge on any atom is -1.00 e. The third kappa shape index (κ3) is 3.25. The van der Waals surface area contributed by atoms with Gasteiger partial charge in [-0.2, -0.15) is 5.06 Å². The number of aliphatic hydroxyl groups is 1. The van der Waals surface area contributed by atoms with Gasteiger partial charge in [0.05, 0.1) is 12.6 Å². The van der Waals surface area contributed by atoms with Gasteiger partial charge in [0.25, 0.3) is 0 Å². The maximum absolute atomic E-state index is 13.1. The summed E-state index contributed by atoms with van der Waals surface area (Å²) in [4.78, 5) is 40.0. The first-order valence-electron chi connectivity index (χ1n) is 6.07. The van der Waals surface area contributed by atoms with E-state index in [0.717, 1.165) is 4.90 Å². The largest absolute Gasteiger partial charge is 1.00 e. The number of carbonyl (C=O) groups is 3. The maximum atomic E-state index is 13.1. The Bertz CT molecular complexity index is 522. The van der Waals surface area contributed by atoms with Crippen molar-refractivity contribution in [1.29, 1.82) is 0 Å². The van der Waals surface area contributed by atoms with E-state index in [1.165, 1.54) is 6.08 Å². The van der Waals surface area contributed by atoms with Crippen LogP contribution in [-0.4, -0.2) is 69.8 Å². The predicted molar refractivity (Wildman–Crippen MR) is 65.2 cm³/mol. The van der Waals surface area contributed by atoms with Gasteiger partial charge < -0.3 is 21.9 Å². The number of hydrogen-bond donors (Lipinski definition) is 3. The Hall–Kier alpha value is -1.60. The first-order chi connectivity index (χ1) is 9.86. The van der Waals surface area contributed by atoms with Crippen molar-refractivity contribution in [2.75, 3.05) is 13.3 Å². The predicted octanol–water partition coefficient (Wildman–Crippen LogP) is -4.08. The average Bonchev–Trinajstić information content (AvgIpc) is 2.64. The van der Waals surface area contributed by atoms with E-state index >= 15 is 0 Å². The third-order valence-electron chi connectivity index (χ3n) is 3.22. The number of aliphatic hydroxyl groups excluding tert-OH is 1. The van der Waals surface area contributed by atoms with E-state index < -0.39 is 43.1 Å². The van der Waals surface area contributed by atoms with Crippen molar-refractivity contribution in [2.24, 2.45) is 0 Å². The molecule has 118 valence electrons. The molecule has 0 aromatic rings. The van der Waals surface area contributed by atoms with Crippen molar-refractivity contribution >= 4 is 17.9 Å². The summed E-state index contributed by atoms with van der Waals surface area (Å²) in [6.07, 6.45) is -1.15. The molecule has 2 rings (SSSR count). The number of nitrogens with one attached hydrogen (secondary N) is 1. The van der Waals surface area contributed by atoms with Crippen LogP contribution in [0.5, 0.6) is 0 Å². The molecule has 0 aromatic carbocycles. The Kier molecular flexibility index (Phi) is 5.96. The molecule has 1 saturated heterocycles. The summed E-state index contributed by atoms with van der Waals surface area (Å²) in [5.41, 5.74) is 0.516. The van der Waals surface area contributed by atoms with Crippen LogP contribution in [0.15, 0.2) is 11.6 Å². The van der Waals surface area contributed by atoms with Gasteiger partial charge in [-0.25, -0.2) is 18.8 Å². The fourth-order valence-electron chi connectivity index (χ4n) is 2.39. The number of aliphatic carboxylic acids is 1. The molecule has 3 N–H and O–H groups in total. The number of hydroxylamine groups is 2. The Morgan fingerprint density at radius 3 is 2.82 bits per heavy atom. The summed E-state index contributed by atoms with van der Waals surface area (Å²) in [5, 5.41) is 20.0. The SMILES string of the molecule is CC1=C[C@@H]2CN(C(=O)N2O[C@@H](F)C(=O)O)[C@@H]1C(=O)NCO.[H-].[Li+]. The topological polar surface area (TPSA) is 119 Å². The van der Waals surface area contributed by atoms with Crippen LogP contribution in [0.3, 0.4) is 0 Å². The van der Waals surface area contributed by atoms with Gasteiger partial charge in [0.15, 0.2) is 0 Å². The van der Waals surface area contributed by atoms with Gasteiger partial charge in [-0.1, -0.05) is 6.08 Å². The number of fused-ring (bicyclic) bond motifs is 2. The van der Waals surface area contributed by atoms with Crippen LogP contribution >= 0.6 is 0 Å². The van der Waals surface area contributed by atoms with Crippen molar-refractivity contribution in [3.05, 3.63) is 11.6 Å². The number of carbonyl (C=O) groups excluding carboxylic acids is 2. The second-order valence-electron chi connectivity index (χ2n) is 4.60. The molecule has 0 unspecified atom stereocenters. The molecular weight excluding hydrogens is 296 g/mol. The van der Waals surface area contributed by atoms with Gasteiger partial charge in [0.2, 0.25) is 5.91 Å². The Morgan fingerprint density at radius 1 is 1.64 bits per heavy atom. The summed E-state index contributed by atoms with van der Waals surface area (Å²) < 4.78 is 13.1.